The van der Waals surface area contributed by atoms with E-state index < -0.39 is 4.92 Å². The highest BCUT2D eigenvalue weighted by molar-refractivity contribution is 6.29. The van der Waals surface area contributed by atoms with Crippen LogP contribution >= 0.6 is 11.6 Å². The molecule has 0 radical (unpaired) electrons. The van der Waals surface area contributed by atoms with Crippen LogP contribution in [0.2, 0.25) is 5.15 Å². The van der Waals surface area contributed by atoms with E-state index in [1.807, 2.05) is 0 Å². The van der Waals surface area contributed by atoms with E-state index in [9.17, 15) is 10.1 Å². The van der Waals surface area contributed by atoms with Gasteiger partial charge < -0.3 is 4.57 Å². The van der Waals surface area contributed by atoms with Crippen molar-refractivity contribution >= 4 is 17.3 Å². The first kappa shape index (κ1) is 9.67. The number of rotatable bonds is 2. The first-order chi connectivity index (χ1) is 7.16. The molecule has 0 saturated carbocycles. The zero-order valence-electron chi connectivity index (χ0n) is 7.50. The van der Waals surface area contributed by atoms with Crippen molar-refractivity contribution in [3.63, 3.8) is 0 Å². The Balaban J connectivity index is 2.35. The van der Waals surface area contributed by atoms with E-state index in [1.165, 1.54) is 12.1 Å². The van der Waals surface area contributed by atoms with Crippen LogP contribution in [0.3, 0.4) is 0 Å². The van der Waals surface area contributed by atoms with Crippen LogP contribution in [0, 0.1) is 10.1 Å². The van der Waals surface area contributed by atoms with Gasteiger partial charge in [0, 0.05) is 24.0 Å². The van der Waals surface area contributed by atoms with Gasteiger partial charge >= 0.3 is 0 Å². The average molecular weight is 224 g/mol. The summed E-state index contributed by atoms with van der Waals surface area (Å²) in [5, 5.41) is 10.8. The second-order valence-corrected chi connectivity index (χ2v) is 3.26. The third-order valence-corrected chi connectivity index (χ3v) is 2.10. The number of nitrogens with zero attached hydrogens (tertiary/aromatic N) is 3. The first-order valence-electron chi connectivity index (χ1n) is 4.11. The lowest BCUT2D eigenvalue weighted by Crippen LogP contribution is -1.91. The van der Waals surface area contributed by atoms with Crippen LogP contribution in [0.15, 0.2) is 36.8 Å². The highest BCUT2D eigenvalue weighted by Gasteiger charge is 2.04. The van der Waals surface area contributed by atoms with Crippen LogP contribution in [-0.2, 0) is 0 Å². The molecule has 1 aromatic heterocycles. The topological polar surface area (TPSA) is 61.0 Å². The Labute approximate surface area is 90.1 Å². The quantitative estimate of drug-likeness (QED) is 0.580. The number of nitro groups is 1. The van der Waals surface area contributed by atoms with Gasteiger partial charge in [0.1, 0.15) is 11.5 Å². The van der Waals surface area contributed by atoms with Crippen LogP contribution in [0.4, 0.5) is 5.69 Å². The van der Waals surface area contributed by atoms with Crippen molar-refractivity contribution in [1.29, 1.82) is 0 Å². The average Bonchev–Trinajstić information content (AvgIpc) is 2.65. The van der Waals surface area contributed by atoms with Gasteiger partial charge in [-0.3, -0.25) is 10.1 Å². The van der Waals surface area contributed by atoms with Gasteiger partial charge in [-0.1, -0.05) is 11.6 Å². The molecular formula is C9H6ClN3O2. The molecule has 0 aliphatic rings. The molecular weight excluding hydrogens is 218 g/mol. The van der Waals surface area contributed by atoms with E-state index in [1.54, 1.807) is 29.2 Å². The van der Waals surface area contributed by atoms with Crippen molar-refractivity contribution < 1.29 is 4.92 Å². The third kappa shape index (κ3) is 1.97. The Bertz CT molecular complexity index is 492. The number of halogens is 1. The predicted octanol–water partition coefficient (Wildman–Crippen LogP) is 2.43. The molecule has 0 amide bonds. The van der Waals surface area contributed by atoms with Crippen LogP contribution < -0.4 is 0 Å². The second-order valence-electron chi connectivity index (χ2n) is 2.88. The van der Waals surface area contributed by atoms with Gasteiger partial charge in [0.05, 0.1) is 4.92 Å². The summed E-state index contributed by atoms with van der Waals surface area (Å²) in [5.41, 5.74) is 0.838. The van der Waals surface area contributed by atoms with Gasteiger partial charge in [0.15, 0.2) is 0 Å². The number of benzene rings is 1. The SMILES string of the molecule is O=[N+]([O-])c1ccc(-n2cnc(Cl)c2)cc1. The zero-order chi connectivity index (χ0) is 10.8. The number of hydrogen-bond acceptors (Lipinski definition) is 3. The molecule has 0 fully saturated rings. The normalized spacial score (nSPS) is 10.2. The molecule has 5 nitrogen and oxygen atoms in total. The third-order valence-electron chi connectivity index (χ3n) is 1.91. The Morgan fingerprint density at radius 2 is 2.00 bits per heavy atom. The Morgan fingerprint density at radius 1 is 1.33 bits per heavy atom. The van der Waals surface area contributed by atoms with Gasteiger partial charge in [0.25, 0.3) is 5.69 Å². The molecule has 15 heavy (non-hydrogen) atoms. The summed E-state index contributed by atoms with van der Waals surface area (Å²) in [6, 6.07) is 6.14. The molecule has 0 bridgehead atoms. The molecule has 0 aliphatic carbocycles. The molecule has 0 aliphatic heterocycles. The lowest BCUT2D eigenvalue weighted by Gasteiger charge is -1.99. The highest BCUT2D eigenvalue weighted by atomic mass is 35.5. The standard InChI is InChI=1S/C9H6ClN3O2/c10-9-5-12(6-11-9)7-1-3-8(4-2-7)13(14)15/h1-6H. The maximum absolute atomic E-state index is 10.4. The molecule has 0 atom stereocenters. The number of aromatic nitrogens is 2. The van der Waals surface area contributed by atoms with E-state index in [-0.39, 0.29) is 5.69 Å². The van der Waals surface area contributed by atoms with Crippen LogP contribution in [0.5, 0.6) is 0 Å². The maximum atomic E-state index is 10.4. The Kier molecular flexibility index (Phi) is 2.39. The fourth-order valence-electron chi connectivity index (χ4n) is 1.19. The molecule has 2 rings (SSSR count). The lowest BCUT2D eigenvalue weighted by molar-refractivity contribution is -0.384. The Hall–Kier alpha value is -1.88. The first-order valence-corrected chi connectivity index (χ1v) is 4.49. The molecule has 0 spiro atoms. The largest absolute Gasteiger partial charge is 0.305 e. The second kappa shape index (κ2) is 3.70. The Morgan fingerprint density at radius 3 is 2.47 bits per heavy atom. The summed E-state index contributed by atoms with van der Waals surface area (Å²) in [7, 11) is 0. The van der Waals surface area contributed by atoms with Gasteiger partial charge in [-0.25, -0.2) is 4.98 Å². The van der Waals surface area contributed by atoms with Gasteiger partial charge in [-0.2, -0.15) is 0 Å². The van der Waals surface area contributed by atoms with Crippen LogP contribution in [0.25, 0.3) is 5.69 Å². The van der Waals surface area contributed by atoms with E-state index in [2.05, 4.69) is 4.98 Å². The number of imidazole rings is 1. The van der Waals surface area contributed by atoms with Crippen molar-refractivity contribution in [2.24, 2.45) is 0 Å². The fourth-order valence-corrected chi connectivity index (χ4v) is 1.34. The fraction of sp³-hybridized carbons (Fsp3) is 0. The maximum Gasteiger partial charge on any atom is 0.269 e. The summed E-state index contributed by atoms with van der Waals surface area (Å²) in [4.78, 5) is 13.8. The molecule has 6 heteroatoms. The summed E-state index contributed by atoms with van der Waals surface area (Å²) in [5.74, 6) is 0. The molecule has 0 unspecified atom stereocenters. The number of nitro benzene ring substituents is 1. The molecule has 0 N–H and O–H groups in total. The number of non-ortho nitro benzene ring substituents is 1. The highest BCUT2D eigenvalue weighted by Crippen LogP contribution is 2.16. The lowest BCUT2D eigenvalue weighted by atomic mass is 10.3. The summed E-state index contributed by atoms with van der Waals surface area (Å²) in [6.45, 7) is 0. The van der Waals surface area contributed by atoms with E-state index >= 15 is 0 Å². The van der Waals surface area contributed by atoms with Crippen LogP contribution in [0.1, 0.15) is 0 Å². The summed E-state index contributed by atoms with van der Waals surface area (Å²) < 4.78 is 1.69. The van der Waals surface area contributed by atoms with Gasteiger partial charge in [-0.05, 0) is 12.1 Å². The number of hydrogen-bond donors (Lipinski definition) is 0. The van der Waals surface area contributed by atoms with Crippen molar-refractivity contribution in [3.8, 4) is 5.69 Å². The monoisotopic (exact) mass is 223 g/mol. The minimum atomic E-state index is -0.440. The van der Waals surface area contributed by atoms with Crippen molar-refractivity contribution in [1.82, 2.24) is 9.55 Å². The summed E-state index contributed by atoms with van der Waals surface area (Å²) >= 11 is 5.65. The van der Waals surface area contributed by atoms with E-state index in [4.69, 9.17) is 11.6 Å². The molecule has 76 valence electrons. The van der Waals surface area contributed by atoms with E-state index in [0.717, 1.165) is 5.69 Å². The van der Waals surface area contributed by atoms with Gasteiger partial charge in [0.2, 0.25) is 0 Å². The molecule has 1 aromatic carbocycles. The minimum Gasteiger partial charge on any atom is -0.305 e. The summed E-state index contributed by atoms with van der Waals surface area (Å²) in [6.07, 6.45) is 3.17. The minimum absolute atomic E-state index is 0.0602. The van der Waals surface area contributed by atoms with Crippen molar-refractivity contribution in [2.45, 2.75) is 0 Å². The zero-order valence-corrected chi connectivity index (χ0v) is 8.26. The van der Waals surface area contributed by atoms with E-state index in [0.29, 0.717) is 5.15 Å². The van der Waals surface area contributed by atoms with Crippen LogP contribution in [-0.4, -0.2) is 14.5 Å². The molecule has 0 saturated heterocycles. The van der Waals surface area contributed by atoms with Crippen molar-refractivity contribution in [2.75, 3.05) is 0 Å². The smallest absolute Gasteiger partial charge is 0.269 e. The van der Waals surface area contributed by atoms with Gasteiger partial charge in [-0.15, -0.1) is 0 Å². The van der Waals surface area contributed by atoms with Crippen molar-refractivity contribution in [3.05, 3.63) is 52.1 Å². The predicted molar refractivity (Wildman–Crippen MR) is 55.2 cm³/mol. The molecule has 2 aromatic rings. The molecule has 1 heterocycles.